The molecular weight excluding hydrogens is 380 g/mol. The van der Waals surface area contributed by atoms with Crippen molar-refractivity contribution in [2.45, 2.75) is 135 Å². The van der Waals surface area contributed by atoms with Gasteiger partial charge in [0.25, 0.3) is 0 Å². The van der Waals surface area contributed by atoms with Gasteiger partial charge in [-0.3, -0.25) is 0 Å². The molecule has 2 N–H and O–H groups in total. The molecule has 5 saturated carbocycles. The summed E-state index contributed by atoms with van der Waals surface area (Å²) in [5, 5.41) is 21.3. The first-order valence-corrected chi connectivity index (χ1v) is 14.1. The Hall–Kier alpha value is -0.0800. The Morgan fingerprint density at radius 3 is 2.26 bits per heavy atom. The zero-order valence-electron chi connectivity index (χ0n) is 20.7. The van der Waals surface area contributed by atoms with Crippen LogP contribution in [0.5, 0.6) is 0 Å². The highest BCUT2D eigenvalue weighted by atomic mass is 16.3. The van der Waals surface area contributed by atoms with E-state index in [1.807, 2.05) is 0 Å². The van der Waals surface area contributed by atoms with Gasteiger partial charge in [0.1, 0.15) is 0 Å². The van der Waals surface area contributed by atoms with E-state index in [-0.39, 0.29) is 11.7 Å². The van der Waals surface area contributed by atoms with Gasteiger partial charge in [-0.25, -0.2) is 0 Å². The average Bonchev–Trinajstić information content (AvgIpc) is 3.07. The fourth-order valence-electron chi connectivity index (χ4n) is 10.0. The van der Waals surface area contributed by atoms with Gasteiger partial charge in [0, 0.05) is 0 Å². The van der Waals surface area contributed by atoms with Crippen LogP contribution in [-0.2, 0) is 0 Å². The normalized spacial score (nSPS) is 54.7. The predicted octanol–water partition coefficient (Wildman–Crippen LogP) is 7.12. The van der Waals surface area contributed by atoms with E-state index in [9.17, 15) is 10.2 Å². The summed E-state index contributed by atoms with van der Waals surface area (Å²) in [6.07, 6.45) is 20.1. The SMILES string of the molecule is CC1CCC(O)(CCCC2CCC3C4CCC5CC(O)CCC5(C)C4CCC23C)CC1. The van der Waals surface area contributed by atoms with Crippen molar-refractivity contribution in [3.8, 4) is 0 Å². The Morgan fingerprint density at radius 1 is 0.774 bits per heavy atom. The van der Waals surface area contributed by atoms with Gasteiger partial charge in [0.05, 0.1) is 11.7 Å². The molecule has 0 heterocycles. The molecule has 0 radical (unpaired) electrons. The summed E-state index contributed by atoms with van der Waals surface area (Å²) in [5.74, 6) is 5.29. The number of aliphatic hydroxyl groups excluding tert-OH is 1. The van der Waals surface area contributed by atoms with E-state index in [0.717, 1.165) is 67.6 Å². The number of fused-ring (bicyclic) bond motifs is 5. The van der Waals surface area contributed by atoms with Crippen LogP contribution in [-0.4, -0.2) is 21.9 Å². The summed E-state index contributed by atoms with van der Waals surface area (Å²) in [5.41, 5.74) is 0.715. The molecular formula is C29H50O2. The first kappa shape index (κ1) is 22.7. The van der Waals surface area contributed by atoms with E-state index >= 15 is 0 Å². The van der Waals surface area contributed by atoms with Crippen LogP contribution >= 0.6 is 0 Å². The molecule has 8 atom stereocenters. The summed E-state index contributed by atoms with van der Waals surface area (Å²) in [6, 6.07) is 0. The van der Waals surface area contributed by atoms with Crippen LogP contribution in [0, 0.1) is 46.3 Å². The van der Waals surface area contributed by atoms with Crippen molar-refractivity contribution < 1.29 is 10.2 Å². The Morgan fingerprint density at radius 2 is 1.48 bits per heavy atom. The maximum atomic E-state index is 11.1. The highest BCUT2D eigenvalue weighted by Gasteiger charge is 2.59. The molecule has 5 aliphatic rings. The Bertz CT molecular complexity index is 637. The molecule has 2 heteroatoms. The first-order valence-electron chi connectivity index (χ1n) is 14.1. The topological polar surface area (TPSA) is 40.5 Å². The highest BCUT2D eigenvalue weighted by Crippen LogP contribution is 2.68. The molecule has 0 aromatic rings. The lowest BCUT2D eigenvalue weighted by molar-refractivity contribution is -0.127. The Kier molecular flexibility index (Phi) is 6.08. The molecule has 0 bridgehead atoms. The molecule has 178 valence electrons. The molecule has 0 aromatic heterocycles. The Balaban J connectivity index is 1.21. The second-order valence-electron chi connectivity index (χ2n) is 13.7. The van der Waals surface area contributed by atoms with Crippen LogP contribution in [0.1, 0.15) is 124 Å². The third kappa shape index (κ3) is 3.94. The van der Waals surface area contributed by atoms with Gasteiger partial charge in [-0.1, -0.05) is 27.2 Å². The molecule has 0 aromatic carbocycles. The van der Waals surface area contributed by atoms with Crippen LogP contribution in [0.25, 0.3) is 0 Å². The van der Waals surface area contributed by atoms with Crippen LogP contribution in [0.15, 0.2) is 0 Å². The van der Waals surface area contributed by atoms with E-state index in [1.54, 1.807) is 0 Å². The summed E-state index contributed by atoms with van der Waals surface area (Å²) in [6.45, 7) is 7.63. The van der Waals surface area contributed by atoms with Gasteiger partial charge < -0.3 is 10.2 Å². The fourth-order valence-corrected chi connectivity index (χ4v) is 10.0. The van der Waals surface area contributed by atoms with Crippen molar-refractivity contribution in [2.24, 2.45) is 46.3 Å². The van der Waals surface area contributed by atoms with Gasteiger partial charge in [0.15, 0.2) is 0 Å². The summed E-state index contributed by atoms with van der Waals surface area (Å²) in [7, 11) is 0. The zero-order valence-corrected chi connectivity index (χ0v) is 20.7. The Labute approximate surface area is 192 Å². The van der Waals surface area contributed by atoms with E-state index in [2.05, 4.69) is 20.8 Å². The molecule has 5 rings (SSSR count). The van der Waals surface area contributed by atoms with E-state index in [1.165, 1.54) is 70.6 Å². The van der Waals surface area contributed by atoms with Gasteiger partial charge in [-0.2, -0.15) is 0 Å². The van der Waals surface area contributed by atoms with Crippen molar-refractivity contribution >= 4 is 0 Å². The summed E-state index contributed by atoms with van der Waals surface area (Å²) in [4.78, 5) is 0. The van der Waals surface area contributed by atoms with Crippen molar-refractivity contribution in [3.05, 3.63) is 0 Å². The smallest absolute Gasteiger partial charge is 0.0648 e. The minimum Gasteiger partial charge on any atom is -0.393 e. The number of hydrogen-bond acceptors (Lipinski definition) is 2. The maximum Gasteiger partial charge on any atom is 0.0648 e. The third-order valence-electron chi connectivity index (χ3n) is 12.2. The number of hydrogen-bond donors (Lipinski definition) is 2. The van der Waals surface area contributed by atoms with E-state index in [4.69, 9.17) is 0 Å². The summed E-state index contributed by atoms with van der Waals surface area (Å²) < 4.78 is 0. The number of rotatable bonds is 4. The minimum atomic E-state index is -0.346. The highest BCUT2D eigenvalue weighted by molar-refractivity contribution is 5.09. The fraction of sp³-hybridized carbons (Fsp3) is 1.00. The second-order valence-corrected chi connectivity index (χ2v) is 13.7. The van der Waals surface area contributed by atoms with Gasteiger partial charge in [-0.15, -0.1) is 0 Å². The lowest BCUT2D eigenvalue weighted by Gasteiger charge is -2.61. The lowest BCUT2D eigenvalue weighted by Crippen LogP contribution is -2.53. The molecule has 0 aliphatic heterocycles. The predicted molar refractivity (Wildman–Crippen MR) is 128 cm³/mol. The minimum absolute atomic E-state index is 0.0264. The molecule has 0 saturated heterocycles. The average molecular weight is 431 g/mol. The van der Waals surface area contributed by atoms with Crippen LogP contribution in [0.3, 0.4) is 0 Å². The van der Waals surface area contributed by atoms with Crippen LogP contribution < -0.4 is 0 Å². The molecule has 0 amide bonds. The lowest BCUT2D eigenvalue weighted by atomic mass is 9.44. The summed E-state index contributed by atoms with van der Waals surface area (Å²) >= 11 is 0. The van der Waals surface area contributed by atoms with Gasteiger partial charge >= 0.3 is 0 Å². The van der Waals surface area contributed by atoms with Crippen molar-refractivity contribution in [1.29, 1.82) is 0 Å². The quantitative estimate of drug-likeness (QED) is 0.498. The standard InChI is InChI=1S/C29H50O2/c1-20-10-17-29(31,18-11-20)14-4-5-21-7-9-25-24-8-6-22-19-23(30)12-15-28(22,3)26(24)13-16-27(21,25)2/h20-26,30-31H,4-19H2,1-3H3. The first-order chi connectivity index (χ1) is 14.7. The molecule has 0 spiro atoms. The molecule has 5 fully saturated rings. The van der Waals surface area contributed by atoms with Crippen LogP contribution in [0.4, 0.5) is 0 Å². The van der Waals surface area contributed by atoms with Crippen molar-refractivity contribution in [1.82, 2.24) is 0 Å². The zero-order chi connectivity index (χ0) is 21.9. The van der Waals surface area contributed by atoms with Crippen LogP contribution in [0.2, 0.25) is 0 Å². The molecule has 31 heavy (non-hydrogen) atoms. The third-order valence-corrected chi connectivity index (χ3v) is 12.2. The van der Waals surface area contributed by atoms with E-state index < -0.39 is 0 Å². The van der Waals surface area contributed by atoms with Gasteiger partial charge in [0.2, 0.25) is 0 Å². The van der Waals surface area contributed by atoms with Gasteiger partial charge in [-0.05, 0) is 143 Å². The van der Waals surface area contributed by atoms with Crippen molar-refractivity contribution in [2.75, 3.05) is 0 Å². The monoisotopic (exact) mass is 430 g/mol. The van der Waals surface area contributed by atoms with E-state index in [0.29, 0.717) is 10.8 Å². The maximum absolute atomic E-state index is 11.1. The molecule has 2 nitrogen and oxygen atoms in total. The largest absolute Gasteiger partial charge is 0.393 e. The number of aliphatic hydroxyl groups is 2. The molecule has 5 aliphatic carbocycles. The molecule has 8 unspecified atom stereocenters. The van der Waals surface area contributed by atoms with Crippen molar-refractivity contribution in [3.63, 3.8) is 0 Å². The second kappa shape index (κ2) is 8.30.